The number of anilines is 1. The molecule has 0 aliphatic rings. The molecule has 0 bridgehead atoms. The summed E-state index contributed by atoms with van der Waals surface area (Å²) in [5, 5.41) is 2.66. The van der Waals surface area contributed by atoms with Crippen LogP contribution in [0.5, 0.6) is 5.75 Å². The number of aryl methyl sites for hydroxylation is 1. The van der Waals surface area contributed by atoms with Crippen molar-refractivity contribution in [1.29, 1.82) is 0 Å². The number of carbonyl (C=O) groups excluding carboxylic acids is 1. The second kappa shape index (κ2) is 8.16. The molecule has 0 atom stereocenters. The van der Waals surface area contributed by atoms with Crippen molar-refractivity contribution >= 4 is 17.2 Å². The van der Waals surface area contributed by atoms with E-state index in [0.29, 0.717) is 22.8 Å². The molecule has 2 heterocycles. The first-order valence-electron chi connectivity index (χ1n) is 9.28. The molecule has 0 saturated heterocycles. The van der Waals surface area contributed by atoms with Gasteiger partial charge in [0.15, 0.2) is 0 Å². The third kappa shape index (κ3) is 4.05. The highest BCUT2D eigenvalue weighted by atomic mass is 19.1. The van der Waals surface area contributed by atoms with E-state index in [1.807, 2.05) is 19.1 Å². The van der Waals surface area contributed by atoms with Gasteiger partial charge in [0.25, 0.3) is 11.5 Å². The molecule has 2 aromatic carbocycles. The SMILES string of the molecule is Cc1ccn2c(=O)cc(COc3ccccc3NC(=O)c3ccccc3F)nc2c1. The Labute approximate surface area is 171 Å². The summed E-state index contributed by atoms with van der Waals surface area (Å²) < 4.78 is 21.1. The Balaban J connectivity index is 1.55. The summed E-state index contributed by atoms with van der Waals surface area (Å²) >= 11 is 0. The summed E-state index contributed by atoms with van der Waals surface area (Å²) in [6, 6.07) is 17.6. The third-order valence-corrected chi connectivity index (χ3v) is 4.51. The van der Waals surface area contributed by atoms with Crippen molar-refractivity contribution in [3.05, 3.63) is 106 Å². The minimum Gasteiger partial charge on any atom is -0.485 e. The molecule has 30 heavy (non-hydrogen) atoms. The van der Waals surface area contributed by atoms with Gasteiger partial charge < -0.3 is 10.1 Å². The topological polar surface area (TPSA) is 72.7 Å². The average Bonchev–Trinajstić information content (AvgIpc) is 2.73. The quantitative estimate of drug-likeness (QED) is 0.547. The second-order valence-electron chi connectivity index (χ2n) is 6.74. The van der Waals surface area contributed by atoms with Gasteiger partial charge in [-0.15, -0.1) is 0 Å². The normalized spacial score (nSPS) is 10.7. The highest BCUT2D eigenvalue weighted by Gasteiger charge is 2.14. The highest BCUT2D eigenvalue weighted by molar-refractivity contribution is 6.05. The van der Waals surface area contributed by atoms with Crippen molar-refractivity contribution in [2.24, 2.45) is 0 Å². The summed E-state index contributed by atoms with van der Waals surface area (Å²) in [6.45, 7) is 1.95. The Morgan fingerprint density at radius 1 is 1.10 bits per heavy atom. The van der Waals surface area contributed by atoms with Crippen LogP contribution in [0.15, 0.2) is 77.7 Å². The van der Waals surface area contributed by atoms with Gasteiger partial charge in [0.2, 0.25) is 0 Å². The van der Waals surface area contributed by atoms with Crippen LogP contribution in [0.2, 0.25) is 0 Å². The molecule has 0 unspecified atom stereocenters. The second-order valence-corrected chi connectivity index (χ2v) is 6.74. The van der Waals surface area contributed by atoms with Crippen LogP contribution in [0.3, 0.4) is 0 Å². The third-order valence-electron chi connectivity index (χ3n) is 4.51. The zero-order valence-corrected chi connectivity index (χ0v) is 16.1. The van der Waals surface area contributed by atoms with Crippen LogP contribution in [-0.4, -0.2) is 15.3 Å². The summed E-state index contributed by atoms with van der Waals surface area (Å²) in [6.07, 6.45) is 1.68. The first-order valence-corrected chi connectivity index (χ1v) is 9.28. The van der Waals surface area contributed by atoms with Crippen LogP contribution < -0.4 is 15.6 Å². The van der Waals surface area contributed by atoms with E-state index in [0.717, 1.165) is 5.56 Å². The van der Waals surface area contributed by atoms with Crippen molar-refractivity contribution in [3.8, 4) is 5.75 Å². The van der Waals surface area contributed by atoms with Gasteiger partial charge in [-0.3, -0.25) is 14.0 Å². The van der Waals surface area contributed by atoms with Crippen molar-refractivity contribution < 1.29 is 13.9 Å². The number of nitrogens with one attached hydrogen (secondary N) is 1. The Morgan fingerprint density at radius 3 is 2.70 bits per heavy atom. The molecule has 4 aromatic rings. The van der Waals surface area contributed by atoms with Crippen molar-refractivity contribution in [2.45, 2.75) is 13.5 Å². The van der Waals surface area contributed by atoms with Gasteiger partial charge in [-0.1, -0.05) is 24.3 Å². The van der Waals surface area contributed by atoms with Gasteiger partial charge in [-0.05, 0) is 48.9 Å². The predicted molar refractivity (Wildman–Crippen MR) is 111 cm³/mol. The number of para-hydroxylation sites is 2. The van der Waals surface area contributed by atoms with E-state index < -0.39 is 11.7 Å². The minimum absolute atomic E-state index is 0.0340. The lowest BCUT2D eigenvalue weighted by molar-refractivity contribution is 0.102. The molecule has 150 valence electrons. The van der Waals surface area contributed by atoms with Crippen LogP contribution >= 0.6 is 0 Å². The summed E-state index contributed by atoms with van der Waals surface area (Å²) in [7, 11) is 0. The Bertz CT molecular complexity index is 1300. The van der Waals surface area contributed by atoms with E-state index in [1.165, 1.54) is 28.7 Å². The number of pyridine rings is 1. The van der Waals surface area contributed by atoms with E-state index in [2.05, 4.69) is 10.3 Å². The fraction of sp³-hybridized carbons (Fsp3) is 0.0870. The number of rotatable bonds is 5. The van der Waals surface area contributed by atoms with Crippen LogP contribution in [0.4, 0.5) is 10.1 Å². The summed E-state index contributed by atoms with van der Waals surface area (Å²) in [5.41, 5.74) is 2.09. The van der Waals surface area contributed by atoms with Gasteiger partial charge in [0.05, 0.1) is 16.9 Å². The Hall–Kier alpha value is -4.00. The molecule has 7 heteroatoms. The Morgan fingerprint density at radius 2 is 1.87 bits per heavy atom. The molecule has 0 saturated carbocycles. The van der Waals surface area contributed by atoms with E-state index >= 15 is 0 Å². The molecule has 0 fully saturated rings. The number of carbonyl (C=O) groups is 1. The van der Waals surface area contributed by atoms with Crippen molar-refractivity contribution in [2.75, 3.05) is 5.32 Å². The summed E-state index contributed by atoms with van der Waals surface area (Å²) in [4.78, 5) is 29.2. The molecule has 2 aromatic heterocycles. The van der Waals surface area contributed by atoms with Crippen molar-refractivity contribution in [3.63, 3.8) is 0 Å². The number of nitrogens with zero attached hydrogens (tertiary/aromatic N) is 2. The summed E-state index contributed by atoms with van der Waals surface area (Å²) in [5.74, 6) is -0.806. The minimum atomic E-state index is -0.607. The van der Waals surface area contributed by atoms with Crippen molar-refractivity contribution in [1.82, 2.24) is 9.38 Å². The molecule has 1 N–H and O–H groups in total. The zero-order valence-electron chi connectivity index (χ0n) is 16.1. The molecule has 6 nitrogen and oxygen atoms in total. The molecule has 0 radical (unpaired) electrons. The smallest absolute Gasteiger partial charge is 0.258 e. The largest absolute Gasteiger partial charge is 0.485 e. The Kier molecular flexibility index (Phi) is 5.26. The lowest BCUT2D eigenvalue weighted by Gasteiger charge is -2.13. The van der Waals surface area contributed by atoms with E-state index in [9.17, 15) is 14.0 Å². The molecular weight excluding hydrogens is 385 g/mol. The fourth-order valence-corrected chi connectivity index (χ4v) is 3.01. The predicted octanol–water partition coefficient (Wildman–Crippen LogP) is 3.97. The monoisotopic (exact) mass is 403 g/mol. The standard InChI is InChI=1S/C23H18FN3O3/c1-15-10-11-27-21(12-15)25-16(13-22(27)28)14-30-20-9-5-4-8-19(20)26-23(29)17-6-2-3-7-18(17)24/h2-13H,14H2,1H3,(H,26,29). The maximum absolute atomic E-state index is 13.9. The lowest BCUT2D eigenvalue weighted by Crippen LogP contribution is -2.17. The number of benzene rings is 2. The zero-order chi connectivity index (χ0) is 21.1. The first-order chi connectivity index (χ1) is 14.5. The molecule has 0 spiro atoms. The number of fused-ring (bicyclic) bond motifs is 1. The van der Waals surface area contributed by atoms with Crippen LogP contribution in [-0.2, 0) is 6.61 Å². The average molecular weight is 403 g/mol. The van der Waals surface area contributed by atoms with E-state index in [1.54, 1.807) is 36.5 Å². The molecule has 0 aliphatic heterocycles. The number of halogens is 1. The molecular formula is C23H18FN3O3. The number of hydrogen-bond donors (Lipinski definition) is 1. The first kappa shape index (κ1) is 19.3. The van der Waals surface area contributed by atoms with Crippen LogP contribution in [0.25, 0.3) is 5.65 Å². The van der Waals surface area contributed by atoms with Gasteiger partial charge in [-0.2, -0.15) is 0 Å². The molecule has 4 rings (SSSR count). The number of hydrogen-bond acceptors (Lipinski definition) is 4. The van der Waals surface area contributed by atoms with Gasteiger partial charge in [0, 0.05) is 12.3 Å². The fourth-order valence-electron chi connectivity index (χ4n) is 3.01. The number of ether oxygens (including phenoxy) is 1. The highest BCUT2D eigenvalue weighted by Crippen LogP contribution is 2.25. The van der Waals surface area contributed by atoms with Gasteiger partial charge in [-0.25, -0.2) is 9.37 Å². The maximum atomic E-state index is 13.9. The van der Waals surface area contributed by atoms with Gasteiger partial charge in [0.1, 0.15) is 23.8 Å². The number of amides is 1. The molecule has 1 amide bonds. The van der Waals surface area contributed by atoms with Crippen LogP contribution in [0, 0.1) is 12.7 Å². The van der Waals surface area contributed by atoms with E-state index in [4.69, 9.17) is 4.74 Å². The van der Waals surface area contributed by atoms with Gasteiger partial charge >= 0.3 is 0 Å². The van der Waals surface area contributed by atoms with E-state index in [-0.39, 0.29) is 17.7 Å². The molecule has 0 aliphatic carbocycles. The maximum Gasteiger partial charge on any atom is 0.258 e. The van der Waals surface area contributed by atoms with Crippen LogP contribution in [0.1, 0.15) is 21.6 Å². The number of aromatic nitrogens is 2. The lowest BCUT2D eigenvalue weighted by atomic mass is 10.2.